The Morgan fingerprint density at radius 2 is 2.00 bits per heavy atom. The van der Waals surface area contributed by atoms with Crippen LogP contribution in [0.25, 0.3) is 5.69 Å². The normalized spacial score (nSPS) is 10.4. The van der Waals surface area contributed by atoms with E-state index in [1.54, 1.807) is 4.68 Å². The Bertz CT molecular complexity index is 421. The highest BCUT2D eigenvalue weighted by Gasteiger charge is 2.05. The van der Waals surface area contributed by atoms with Crippen LogP contribution in [0.1, 0.15) is 11.4 Å². The predicted molar refractivity (Wildman–Crippen MR) is 53.4 cm³/mol. The van der Waals surface area contributed by atoms with E-state index in [9.17, 15) is 0 Å². The van der Waals surface area contributed by atoms with Crippen molar-refractivity contribution in [3.8, 4) is 5.69 Å². The van der Waals surface area contributed by atoms with Gasteiger partial charge in [-0.3, -0.25) is 0 Å². The highest BCUT2D eigenvalue weighted by Crippen LogP contribution is 2.10. The van der Waals surface area contributed by atoms with Crippen LogP contribution in [-0.4, -0.2) is 20.2 Å². The van der Waals surface area contributed by atoms with Crippen molar-refractivity contribution in [1.29, 1.82) is 0 Å². The highest BCUT2D eigenvalue weighted by atomic mass is 35.5. The molecule has 1 aromatic heterocycles. The van der Waals surface area contributed by atoms with Crippen molar-refractivity contribution in [3.63, 3.8) is 0 Å². The van der Waals surface area contributed by atoms with Crippen LogP contribution >= 0.6 is 11.6 Å². The van der Waals surface area contributed by atoms with E-state index in [0.717, 1.165) is 5.69 Å². The van der Waals surface area contributed by atoms with Crippen molar-refractivity contribution in [2.24, 2.45) is 0 Å². The first kappa shape index (κ1) is 9.15. The van der Waals surface area contributed by atoms with Crippen LogP contribution in [0.5, 0.6) is 0 Å². The zero-order chi connectivity index (χ0) is 9.97. The van der Waals surface area contributed by atoms with Gasteiger partial charge in [0.1, 0.15) is 0 Å². The Hall–Kier alpha value is -1.42. The summed E-state index contributed by atoms with van der Waals surface area (Å²) in [5.41, 5.74) is 2.13. The van der Waals surface area contributed by atoms with Gasteiger partial charge in [0.15, 0.2) is 5.82 Å². The summed E-state index contributed by atoms with van der Waals surface area (Å²) < 4.78 is 1.63. The second-order valence-electron chi connectivity index (χ2n) is 2.98. The Morgan fingerprint density at radius 3 is 2.64 bits per heavy atom. The summed E-state index contributed by atoms with van der Waals surface area (Å²) in [5.74, 6) is 0.955. The molecule has 72 valence electrons. The smallest absolute Gasteiger partial charge is 0.171 e. The van der Waals surface area contributed by atoms with Gasteiger partial charge in [-0.15, -0.1) is 16.7 Å². The standard InChI is InChI=1S/C9H9ClN4/c1-7-2-4-8(5-3-7)14-9(6-10)11-12-13-14/h2-5H,6H2,1H3. The van der Waals surface area contributed by atoms with Gasteiger partial charge in [-0.2, -0.15) is 4.68 Å². The van der Waals surface area contributed by atoms with Crippen molar-refractivity contribution in [3.05, 3.63) is 35.7 Å². The second-order valence-corrected chi connectivity index (χ2v) is 3.24. The van der Waals surface area contributed by atoms with E-state index in [-0.39, 0.29) is 0 Å². The van der Waals surface area contributed by atoms with Crippen LogP contribution in [0.3, 0.4) is 0 Å². The first-order chi connectivity index (χ1) is 6.81. The molecule has 5 heteroatoms. The first-order valence-corrected chi connectivity index (χ1v) is 4.75. The minimum atomic E-state index is 0.306. The summed E-state index contributed by atoms with van der Waals surface area (Å²) in [6, 6.07) is 7.94. The van der Waals surface area contributed by atoms with Crippen LogP contribution in [0.15, 0.2) is 24.3 Å². The third-order valence-corrected chi connectivity index (χ3v) is 2.17. The maximum absolute atomic E-state index is 5.69. The first-order valence-electron chi connectivity index (χ1n) is 4.21. The molecule has 0 atom stereocenters. The summed E-state index contributed by atoms with van der Waals surface area (Å²) >= 11 is 5.69. The molecule has 0 amide bonds. The van der Waals surface area contributed by atoms with Gasteiger partial charge in [0.05, 0.1) is 11.6 Å². The lowest BCUT2D eigenvalue weighted by Gasteiger charge is -2.01. The summed E-state index contributed by atoms with van der Waals surface area (Å²) in [6.45, 7) is 2.03. The Morgan fingerprint density at radius 1 is 1.29 bits per heavy atom. The van der Waals surface area contributed by atoms with Gasteiger partial charge >= 0.3 is 0 Å². The lowest BCUT2D eigenvalue weighted by molar-refractivity contribution is 0.777. The van der Waals surface area contributed by atoms with Crippen molar-refractivity contribution in [1.82, 2.24) is 20.2 Å². The molecule has 1 aromatic carbocycles. The van der Waals surface area contributed by atoms with E-state index in [4.69, 9.17) is 11.6 Å². The number of halogens is 1. The minimum Gasteiger partial charge on any atom is -0.196 e. The van der Waals surface area contributed by atoms with Crippen molar-refractivity contribution in [2.45, 2.75) is 12.8 Å². The molecule has 0 spiro atoms. The fourth-order valence-corrected chi connectivity index (χ4v) is 1.34. The van der Waals surface area contributed by atoms with Gasteiger partial charge in [-0.25, -0.2) is 0 Å². The van der Waals surface area contributed by atoms with Crippen molar-refractivity contribution >= 4 is 11.6 Å². The molecule has 0 bridgehead atoms. The number of aryl methyl sites for hydroxylation is 1. The molecule has 0 radical (unpaired) electrons. The van der Waals surface area contributed by atoms with Gasteiger partial charge in [0.25, 0.3) is 0 Å². The minimum absolute atomic E-state index is 0.306. The molecule has 0 saturated heterocycles. The Kier molecular flexibility index (Phi) is 2.45. The van der Waals surface area contributed by atoms with E-state index in [0.29, 0.717) is 11.7 Å². The second kappa shape index (κ2) is 3.75. The van der Waals surface area contributed by atoms with Crippen molar-refractivity contribution < 1.29 is 0 Å². The molecule has 1 heterocycles. The van der Waals surface area contributed by atoms with E-state index in [1.807, 2.05) is 31.2 Å². The summed E-state index contributed by atoms with van der Waals surface area (Å²) in [4.78, 5) is 0. The molecule has 0 fully saturated rings. The Balaban J connectivity index is 2.44. The van der Waals surface area contributed by atoms with Gasteiger partial charge in [0, 0.05) is 0 Å². The quantitative estimate of drug-likeness (QED) is 0.706. The molecule has 0 saturated carbocycles. The predicted octanol–water partition coefficient (Wildman–Crippen LogP) is 1.71. The van der Waals surface area contributed by atoms with E-state index in [2.05, 4.69) is 15.5 Å². The summed E-state index contributed by atoms with van der Waals surface area (Å²) in [6.07, 6.45) is 0. The number of hydrogen-bond acceptors (Lipinski definition) is 3. The van der Waals surface area contributed by atoms with Crippen LogP contribution in [-0.2, 0) is 5.88 Å². The van der Waals surface area contributed by atoms with Crippen LogP contribution in [0.2, 0.25) is 0 Å². The highest BCUT2D eigenvalue weighted by molar-refractivity contribution is 6.16. The number of rotatable bonds is 2. The van der Waals surface area contributed by atoms with Gasteiger partial charge in [-0.1, -0.05) is 17.7 Å². The molecule has 2 rings (SSSR count). The molecule has 0 unspecified atom stereocenters. The lowest BCUT2D eigenvalue weighted by atomic mass is 10.2. The molecule has 14 heavy (non-hydrogen) atoms. The average molecular weight is 209 g/mol. The number of alkyl halides is 1. The maximum Gasteiger partial charge on any atom is 0.171 e. The molecule has 0 N–H and O–H groups in total. The number of nitrogens with zero attached hydrogens (tertiary/aromatic N) is 4. The van der Waals surface area contributed by atoms with Crippen LogP contribution < -0.4 is 0 Å². The monoisotopic (exact) mass is 208 g/mol. The fraction of sp³-hybridized carbons (Fsp3) is 0.222. The molecular formula is C9H9ClN4. The van der Waals surface area contributed by atoms with Crippen LogP contribution in [0, 0.1) is 6.92 Å². The third kappa shape index (κ3) is 1.61. The maximum atomic E-state index is 5.69. The summed E-state index contributed by atoms with van der Waals surface area (Å²) in [5, 5.41) is 11.2. The third-order valence-electron chi connectivity index (χ3n) is 1.93. The largest absolute Gasteiger partial charge is 0.196 e. The van der Waals surface area contributed by atoms with Gasteiger partial charge in [0.2, 0.25) is 0 Å². The van der Waals surface area contributed by atoms with Crippen molar-refractivity contribution in [2.75, 3.05) is 0 Å². The average Bonchev–Trinajstić information content (AvgIpc) is 2.67. The summed E-state index contributed by atoms with van der Waals surface area (Å²) in [7, 11) is 0. The SMILES string of the molecule is Cc1ccc(-n2nnnc2CCl)cc1. The number of benzene rings is 1. The topological polar surface area (TPSA) is 43.6 Å². The van der Waals surface area contributed by atoms with E-state index >= 15 is 0 Å². The Labute approximate surface area is 86.5 Å². The zero-order valence-corrected chi connectivity index (χ0v) is 8.44. The van der Waals surface area contributed by atoms with E-state index < -0.39 is 0 Å². The van der Waals surface area contributed by atoms with Crippen LogP contribution in [0.4, 0.5) is 0 Å². The van der Waals surface area contributed by atoms with E-state index in [1.165, 1.54) is 5.56 Å². The van der Waals surface area contributed by atoms with Gasteiger partial charge in [-0.05, 0) is 29.5 Å². The molecular weight excluding hydrogens is 200 g/mol. The van der Waals surface area contributed by atoms with Gasteiger partial charge < -0.3 is 0 Å². The molecule has 4 nitrogen and oxygen atoms in total. The number of hydrogen-bond donors (Lipinski definition) is 0. The lowest BCUT2D eigenvalue weighted by Crippen LogP contribution is -2.01. The number of tetrazole rings is 1. The molecule has 0 aliphatic carbocycles. The zero-order valence-electron chi connectivity index (χ0n) is 7.68. The molecule has 0 aliphatic rings. The number of aromatic nitrogens is 4. The molecule has 0 aliphatic heterocycles. The molecule has 2 aromatic rings. The fourth-order valence-electron chi connectivity index (χ4n) is 1.18.